The fraction of sp³-hybridized carbons (Fsp3) is 0.233. The van der Waals surface area contributed by atoms with Crippen molar-refractivity contribution in [2.75, 3.05) is 9.80 Å². The van der Waals surface area contributed by atoms with E-state index in [-0.39, 0.29) is 10.8 Å². The summed E-state index contributed by atoms with van der Waals surface area (Å²) in [6.07, 6.45) is 4.60. The smallest absolute Gasteiger partial charge is 0.0717 e. The summed E-state index contributed by atoms with van der Waals surface area (Å²) >= 11 is 0. The second-order valence-electron chi connectivity index (χ2n) is 20.2. The molecule has 0 bridgehead atoms. The molecule has 11 rings (SSSR count). The molecule has 0 unspecified atom stereocenters. The number of para-hydroxylation sites is 2. The van der Waals surface area contributed by atoms with Crippen molar-refractivity contribution in [1.29, 1.82) is 0 Å². The van der Waals surface area contributed by atoms with Gasteiger partial charge in [-0.1, -0.05) is 88.4 Å². The lowest BCUT2D eigenvalue weighted by Crippen LogP contribution is -2.24. The molecule has 0 N–H and O–H groups in total. The van der Waals surface area contributed by atoms with Crippen LogP contribution < -0.4 is 9.80 Å². The number of aryl methyl sites for hydroxylation is 8. The Balaban J connectivity index is 1.08. The van der Waals surface area contributed by atoms with Gasteiger partial charge in [-0.2, -0.15) is 0 Å². The first-order chi connectivity index (χ1) is 30.5. The minimum atomic E-state index is -0.256. The van der Waals surface area contributed by atoms with E-state index in [1.54, 1.807) is 0 Å². The van der Waals surface area contributed by atoms with E-state index in [1.165, 1.54) is 134 Å². The Bertz CT molecular complexity index is 3170. The van der Waals surface area contributed by atoms with Crippen LogP contribution in [-0.4, -0.2) is 9.13 Å². The zero-order chi connectivity index (χ0) is 44.7. The van der Waals surface area contributed by atoms with Crippen molar-refractivity contribution < 1.29 is 0 Å². The summed E-state index contributed by atoms with van der Waals surface area (Å²) in [6, 6.07) is 46.2. The molecule has 0 amide bonds. The molecular weight excluding hydrogens is 777 g/mol. The zero-order valence-electron chi connectivity index (χ0n) is 39.5. The van der Waals surface area contributed by atoms with Gasteiger partial charge in [0.05, 0.1) is 11.4 Å². The van der Waals surface area contributed by atoms with E-state index < -0.39 is 0 Å². The highest BCUT2D eigenvalue weighted by atomic mass is 15.2. The minimum Gasteiger partial charge on any atom is -0.348 e. The van der Waals surface area contributed by atoms with Crippen LogP contribution in [0.4, 0.5) is 34.1 Å². The normalized spacial score (nSPS) is 14.2. The first-order valence-corrected chi connectivity index (χ1v) is 22.9. The predicted octanol–water partition coefficient (Wildman–Crippen LogP) is 16.1. The van der Waals surface area contributed by atoms with Crippen LogP contribution in [0.5, 0.6) is 0 Å². The molecule has 0 fully saturated rings. The van der Waals surface area contributed by atoms with Crippen LogP contribution in [0.25, 0.3) is 44.1 Å². The molecule has 2 aromatic heterocycles. The van der Waals surface area contributed by atoms with Gasteiger partial charge in [0.2, 0.25) is 0 Å². The Morgan fingerprint density at radius 2 is 0.750 bits per heavy atom. The third kappa shape index (κ3) is 5.74. The molecule has 4 heteroatoms. The summed E-state index contributed by atoms with van der Waals surface area (Å²) in [6.45, 7) is 23.4. The SMILES string of the molecule is Cc1cc(C)cc(N(c2cc(C)c3c(c2)C(C)(C)c2c-3ccc3c2C(C)(C)c2cc(N(c4cc(C)cc(C)c4)c4cn(C)c5ccccc45)cc(C)c2-3)c2cn(C)c3ccccc23)c1. The number of benzene rings is 7. The molecule has 2 aliphatic rings. The van der Waals surface area contributed by atoms with Gasteiger partial charge in [-0.25, -0.2) is 0 Å². The van der Waals surface area contributed by atoms with E-state index in [0.717, 1.165) is 0 Å². The van der Waals surface area contributed by atoms with Gasteiger partial charge in [0.25, 0.3) is 0 Å². The van der Waals surface area contributed by atoms with Gasteiger partial charge in [-0.15, -0.1) is 0 Å². The monoisotopic (exact) mass is 834 g/mol. The quantitative estimate of drug-likeness (QED) is 0.166. The number of hydrogen-bond donors (Lipinski definition) is 0. The van der Waals surface area contributed by atoms with E-state index in [1.807, 2.05) is 0 Å². The van der Waals surface area contributed by atoms with E-state index >= 15 is 0 Å². The third-order valence-corrected chi connectivity index (χ3v) is 14.7. The second kappa shape index (κ2) is 13.9. The molecular formula is C60H58N4. The highest BCUT2D eigenvalue weighted by Gasteiger charge is 2.47. The van der Waals surface area contributed by atoms with Crippen molar-refractivity contribution in [2.45, 2.75) is 80.1 Å². The van der Waals surface area contributed by atoms with Crippen molar-refractivity contribution >= 4 is 55.9 Å². The molecule has 0 atom stereocenters. The molecule has 64 heavy (non-hydrogen) atoms. The molecule has 2 heterocycles. The fourth-order valence-electron chi connectivity index (χ4n) is 12.1. The van der Waals surface area contributed by atoms with Gasteiger partial charge in [-0.3, -0.25) is 0 Å². The van der Waals surface area contributed by atoms with Crippen LogP contribution in [0.2, 0.25) is 0 Å². The van der Waals surface area contributed by atoms with Crippen LogP contribution in [0.15, 0.2) is 134 Å². The minimum absolute atomic E-state index is 0.256. The lowest BCUT2D eigenvalue weighted by molar-refractivity contribution is 0.601. The first kappa shape index (κ1) is 40.0. The van der Waals surface area contributed by atoms with Crippen molar-refractivity contribution in [2.24, 2.45) is 14.1 Å². The molecule has 9 aromatic rings. The molecule has 0 aliphatic heterocycles. The van der Waals surface area contributed by atoms with Crippen molar-refractivity contribution in [3.05, 3.63) is 189 Å². The van der Waals surface area contributed by atoms with Crippen LogP contribution in [0, 0.1) is 41.5 Å². The number of fused-ring (bicyclic) bond motifs is 9. The van der Waals surface area contributed by atoms with Gasteiger partial charge >= 0.3 is 0 Å². The van der Waals surface area contributed by atoms with Gasteiger partial charge in [0.15, 0.2) is 0 Å². The molecule has 2 aliphatic carbocycles. The van der Waals surface area contributed by atoms with E-state index in [4.69, 9.17) is 0 Å². The highest BCUT2D eigenvalue weighted by molar-refractivity contribution is 6.02. The highest BCUT2D eigenvalue weighted by Crippen LogP contribution is 2.61. The summed E-state index contributed by atoms with van der Waals surface area (Å²) in [5.41, 5.74) is 27.9. The van der Waals surface area contributed by atoms with E-state index in [9.17, 15) is 0 Å². The maximum absolute atomic E-state index is 2.51. The summed E-state index contributed by atoms with van der Waals surface area (Å²) in [5, 5.41) is 2.49. The van der Waals surface area contributed by atoms with E-state index in [0.29, 0.717) is 0 Å². The molecule has 0 radical (unpaired) electrons. The Kier molecular flexibility index (Phi) is 8.67. The van der Waals surface area contributed by atoms with Gasteiger partial charge in [0, 0.05) is 81.9 Å². The second-order valence-corrected chi connectivity index (χ2v) is 20.2. The van der Waals surface area contributed by atoms with Gasteiger partial charge in [0.1, 0.15) is 0 Å². The Labute approximate surface area is 379 Å². The van der Waals surface area contributed by atoms with Crippen molar-refractivity contribution in [3.63, 3.8) is 0 Å². The topological polar surface area (TPSA) is 16.3 Å². The lowest BCUT2D eigenvalue weighted by atomic mass is 9.72. The number of aromatic nitrogens is 2. The third-order valence-electron chi connectivity index (χ3n) is 14.7. The van der Waals surface area contributed by atoms with Crippen LogP contribution in [0.1, 0.15) is 83.3 Å². The fourth-order valence-corrected chi connectivity index (χ4v) is 12.1. The Hall–Kier alpha value is -6.78. The number of anilines is 6. The summed E-state index contributed by atoms with van der Waals surface area (Å²) in [7, 11) is 4.32. The lowest BCUT2D eigenvalue weighted by Gasteiger charge is -2.32. The Morgan fingerprint density at radius 3 is 1.12 bits per heavy atom. The number of hydrogen-bond acceptors (Lipinski definition) is 2. The van der Waals surface area contributed by atoms with Crippen molar-refractivity contribution in [3.8, 4) is 22.3 Å². The largest absolute Gasteiger partial charge is 0.348 e. The van der Waals surface area contributed by atoms with E-state index in [2.05, 4.69) is 236 Å². The number of nitrogens with zero attached hydrogens (tertiary/aromatic N) is 4. The molecule has 7 aromatic carbocycles. The molecule has 0 saturated heterocycles. The van der Waals surface area contributed by atoms with Crippen LogP contribution in [0.3, 0.4) is 0 Å². The molecule has 0 saturated carbocycles. The Morgan fingerprint density at radius 1 is 0.406 bits per heavy atom. The molecule has 4 nitrogen and oxygen atoms in total. The average Bonchev–Trinajstić information content (AvgIpc) is 3.89. The summed E-state index contributed by atoms with van der Waals surface area (Å²) in [5.74, 6) is 0. The van der Waals surface area contributed by atoms with Crippen LogP contribution in [-0.2, 0) is 24.9 Å². The van der Waals surface area contributed by atoms with Gasteiger partial charge in [-0.05, 0) is 180 Å². The molecule has 0 spiro atoms. The summed E-state index contributed by atoms with van der Waals surface area (Å²) < 4.78 is 4.53. The zero-order valence-corrected chi connectivity index (χ0v) is 39.5. The average molecular weight is 835 g/mol. The predicted molar refractivity (Wildman–Crippen MR) is 272 cm³/mol. The van der Waals surface area contributed by atoms with Crippen LogP contribution >= 0.6 is 0 Å². The first-order valence-electron chi connectivity index (χ1n) is 22.9. The molecule has 318 valence electrons. The summed E-state index contributed by atoms with van der Waals surface area (Å²) in [4.78, 5) is 5.00. The van der Waals surface area contributed by atoms with Gasteiger partial charge < -0.3 is 18.9 Å². The van der Waals surface area contributed by atoms with Crippen molar-refractivity contribution in [1.82, 2.24) is 9.13 Å². The maximum atomic E-state index is 2.51. The maximum Gasteiger partial charge on any atom is 0.0717 e. The number of rotatable bonds is 6. The standard InChI is InChI=1S/C60H58N4/c1-35-23-36(2)26-41(25-35)63(53-33-61(11)51-19-15-13-17-45(51)53)43-29-39(5)55-47-21-22-48-56-40(6)30-44(32-50(56)60(9,10)58(48)57(47)59(7,8)49(55)31-43)64(42-27-37(3)24-38(4)28-42)54-34-62(12)52-20-16-14-18-46(52)54/h13-34H,1-12H3.